The minimum absolute atomic E-state index is 0. The Hall–Kier alpha value is -0.240. The molecule has 0 unspecified atom stereocenters. The van der Waals surface area contributed by atoms with Crippen LogP contribution >= 0.6 is 0 Å². The summed E-state index contributed by atoms with van der Waals surface area (Å²) in [5, 5.41) is 16.7. The van der Waals surface area contributed by atoms with Gasteiger partial charge in [-0.15, -0.1) is 0 Å². The average molecular weight is 211 g/mol. The first-order chi connectivity index (χ1) is 6.41. The maximum atomic E-state index is 8.36. The molecule has 0 saturated heterocycles. The van der Waals surface area contributed by atoms with Crippen LogP contribution in [-0.4, -0.2) is 63.1 Å². The third-order valence-corrected chi connectivity index (χ3v) is 1.22. The number of rotatable bonds is 10. The van der Waals surface area contributed by atoms with Crippen LogP contribution in [0.3, 0.4) is 0 Å². The predicted molar refractivity (Wildman–Crippen MR) is 51.7 cm³/mol. The van der Waals surface area contributed by atoms with Crippen molar-refractivity contribution in [3.05, 3.63) is 0 Å². The van der Waals surface area contributed by atoms with Crippen LogP contribution in [0.2, 0.25) is 0 Å². The molecule has 0 spiro atoms. The number of aliphatic hydroxyl groups is 2. The zero-order valence-corrected chi connectivity index (χ0v) is 8.48. The van der Waals surface area contributed by atoms with Crippen LogP contribution in [0.25, 0.3) is 0 Å². The van der Waals surface area contributed by atoms with Gasteiger partial charge in [-0.3, -0.25) is 0 Å². The third-order valence-electron chi connectivity index (χ3n) is 1.22. The van der Waals surface area contributed by atoms with Crippen molar-refractivity contribution in [1.29, 1.82) is 0 Å². The zero-order valence-electron chi connectivity index (χ0n) is 8.48. The summed E-state index contributed by atoms with van der Waals surface area (Å²) in [5.74, 6) is 0. The summed E-state index contributed by atoms with van der Waals surface area (Å²) in [7, 11) is 0. The lowest BCUT2D eigenvalue weighted by Crippen LogP contribution is -2.11. The van der Waals surface area contributed by atoms with Crippen LogP contribution in [0, 0.1) is 0 Å². The van der Waals surface area contributed by atoms with Crippen molar-refractivity contribution >= 4 is 0 Å². The van der Waals surface area contributed by atoms with Gasteiger partial charge in [0.15, 0.2) is 0 Å². The summed E-state index contributed by atoms with van der Waals surface area (Å²) in [4.78, 5) is 0. The van der Waals surface area contributed by atoms with Gasteiger partial charge in [0.1, 0.15) is 0 Å². The Morgan fingerprint density at radius 3 is 1.14 bits per heavy atom. The third kappa shape index (κ3) is 14.3. The first-order valence-electron chi connectivity index (χ1n) is 4.36. The summed E-state index contributed by atoms with van der Waals surface area (Å²) in [6, 6.07) is 0. The van der Waals surface area contributed by atoms with Crippen molar-refractivity contribution in [3.8, 4) is 0 Å². The molecular formula is C8H21NO5. The first kappa shape index (κ1) is 16.2. The summed E-state index contributed by atoms with van der Waals surface area (Å²) >= 11 is 0. The number of hydrogen-bond acceptors (Lipinski definition) is 6. The van der Waals surface area contributed by atoms with Gasteiger partial charge in [0.25, 0.3) is 0 Å². The molecule has 0 radical (unpaired) electrons. The molecule has 0 aliphatic rings. The van der Waals surface area contributed by atoms with Gasteiger partial charge in [-0.25, -0.2) is 0 Å². The second-order valence-electron chi connectivity index (χ2n) is 2.28. The van der Waals surface area contributed by atoms with Crippen LogP contribution in [0.4, 0.5) is 0 Å². The molecule has 0 aromatic rings. The first-order valence-corrected chi connectivity index (χ1v) is 4.36. The van der Waals surface area contributed by atoms with Crippen molar-refractivity contribution in [2.75, 3.05) is 52.9 Å². The van der Waals surface area contributed by atoms with Crippen LogP contribution in [0.15, 0.2) is 0 Å². The van der Waals surface area contributed by atoms with Gasteiger partial charge < -0.3 is 30.6 Å². The SMILES string of the molecule is N.OCCOCCOCCOCCO. The summed E-state index contributed by atoms with van der Waals surface area (Å²) in [5.41, 5.74) is 0. The largest absolute Gasteiger partial charge is 0.394 e. The standard InChI is InChI=1S/C8H18O5.H3N/c9-1-3-11-5-7-13-8-6-12-4-2-10;/h9-10H,1-8H2;1H3. The van der Waals surface area contributed by atoms with Crippen LogP contribution < -0.4 is 6.15 Å². The molecule has 0 aromatic heterocycles. The van der Waals surface area contributed by atoms with E-state index >= 15 is 0 Å². The molecule has 0 fully saturated rings. The molecule has 0 aliphatic heterocycles. The Bertz CT molecular complexity index is 83.8. The normalized spacial score (nSPS) is 9.86. The Morgan fingerprint density at radius 1 is 0.571 bits per heavy atom. The van der Waals surface area contributed by atoms with Gasteiger partial charge in [-0.1, -0.05) is 0 Å². The molecule has 0 amide bonds. The second-order valence-corrected chi connectivity index (χ2v) is 2.28. The molecule has 6 heteroatoms. The molecule has 14 heavy (non-hydrogen) atoms. The fraction of sp³-hybridized carbons (Fsp3) is 1.00. The smallest absolute Gasteiger partial charge is 0.0701 e. The highest BCUT2D eigenvalue weighted by Gasteiger charge is 1.89. The fourth-order valence-electron chi connectivity index (χ4n) is 0.671. The van der Waals surface area contributed by atoms with Crippen LogP contribution in [0.1, 0.15) is 0 Å². The molecule has 0 rings (SSSR count). The van der Waals surface area contributed by atoms with Crippen molar-refractivity contribution in [2.45, 2.75) is 0 Å². The molecule has 0 aliphatic carbocycles. The van der Waals surface area contributed by atoms with E-state index < -0.39 is 0 Å². The van der Waals surface area contributed by atoms with E-state index in [0.29, 0.717) is 39.6 Å². The maximum absolute atomic E-state index is 8.36. The highest BCUT2D eigenvalue weighted by Crippen LogP contribution is 1.80. The molecular weight excluding hydrogens is 190 g/mol. The van der Waals surface area contributed by atoms with E-state index in [0.717, 1.165) is 0 Å². The highest BCUT2D eigenvalue weighted by atomic mass is 16.5. The molecule has 5 N–H and O–H groups in total. The van der Waals surface area contributed by atoms with Gasteiger partial charge in [-0.05, 0) is 0 Å². The Balaban J connectivity index is 0. The number of ether oxygens (including phenoxy) is 3. The maximum Gasteiger partial charge on any atom is 0.0701 e. The molecule has 0 aromatic carbocycles. The van der Waals surface area contributed by atoms with Crippen molar-refractivity contribution < 1.29 is 24.4 Å². The fourth-order valence-corrected chi connectivity index (χ4v) is 0.671. The van der Waals surface area contributed by atoms with E-state index in [1.165, 1.54) is 0 Å². The lowest BCUT2D eigenvalue weighted by molar-refractivity contribution is 0.00230. The molecule has 0 heterocycles. The van der Waals surface area contributed by atoms with Crippen molar-refractivity contribution in [2.24, 2.45) is 0 Å². The summed E-state index contributed by atoms with van der Waals surface area (Å²) in [6.45, 7) is 2.76. The van der Waals surface area contributed by atoms with Crippen LogP contribution in [0.5, 0.6) is 0 Å². The van der Waals surface area contributed by atoms with Gasteiger partial charge in [0, 0.05) is 0 Å². The van der Waals surface area contributed by atoms with E-state index in [9.17, 15) is 0 Å². The lowest BCUT2D eigenvalue weighted by Gasteiger charge is -2.04. The predicted octanol–water partition coefficient (Wildman–Crippen LogP) is -0.817. The average Bonchev–Trinajstić information content (AvgIpc) is 2.16. The lowest BCUT2D eigenvalue weighted by atomic mass is 10.7. The topological polar surface area (TPSA) is 103 Å². The second kappa shape index (κ2) is 15.2. The summed E-state index contributed by atoms with van der Waals surface area (Å²) < 4.78 is 15.0. The highest BCUT2D eigenvalue weighted by molar-refractivity contribution is 4.33. The molecule has 88 valence electrons. The Labute approximate surface area is 84.4 Å². The monoisotopic (exact) mass is 211 g/mol. The quantitative estimate of drug-likeness (QED) is 0.408. The molecule has 0 saturated carbocycles. The zero-order chi connectivity index (χ0) is 9.78. The summed E-state index contributed by atoms with van der Waals surface area (Å²) in [6.07, 6.45) is 0. The molecule has 0 bridgehead atoms. The van der Waals surface area contributed by atoms with E-state index in [-0.39, 0.29) is 19.4 Å². The molecule has 6 nitrogen and oxygen atoms in total. The number of hydrogen-bond donors (Lipinski definition) is 3. The van der Waals surface area contributed by atoms with Gasteiger partial charge in [0.05, 0.1) is 52.9 Å². The van der Waals surface area contributed by atoms with E-state index in [2.05, 4.69) is 0 Å². The van der Waals surface area contributed by atoms with E-state index in [1.54, 1.807) is 0 Å². The van der Waals surface area contributed by atoms with Crippen molar-refractivity contribution in [3.63, 3.8) is 0 Å². The van der Waals surface area contributed by atoms with Crippen molar-refractivity contribution in [1.82, 2.24) is 6.15 Å². The Morgan fingerprint density at radius 2 is 0.857 bits per heavy atom. The van der Waals surface area contributed by atoms with E-state index in [4.69, 9.17) is 24.4 Å². The Kier molecular flexibility index (Phi) is 17.6. The van der Waals surface area contributed by atoms with Crippen LogP contribution in [-0.2, 0) is 14.2 Å². The van der Waals surface area contributed by atoms with E-state index in [1.807, 2.05) is 0 Å². The molecule has 0 atom stereocenters. The minimum Gasteiger partial charge on any atom is -0.394 e. The minimum atomic E-state index is 0. The van der Waals surface area contributed by atoms with Gasteiger partial charge >= 0.3 is 0 Å². The van der Waals surface area contributed by atoms with Gasteiger partial charge in [-0.2, -0.15) is 0 Å². The number of aliphatic hydroxyl groups excluding tert-OH is 2. The van der Waals surface area contributed by atoms with Gasteiger partial charge in [0.2, 0.25) is 0 Å².